The molecule has 0 bridgehead atoms. The summed E-state index contributed by atoms with van der Waals surface area (Å²) in [4.78, 5) is 36.5. The van der Waals surface area contributed by atoms with Crippen molar-refractivity contribution in [2.75, 3.05) is 0 Å². The van der Waals surface area contributed by atoms with Crippen LogP contribution >= 0.6 is 15.9 Å². The van der Waals surface area contributed by atoms with Crippen molar-refractivity contribution in [2.24, 2.45) is 0 Å². The molecule has 1 heterocycles. The minimum absolute atomic E-state index is 0.147. The molecule has 0 saturated heterocycles. The largest absolute Gasteiger partial charge is 0.550 e. The molecule has 19 heavy (non-hydrogen) atoms. The van der Waals surface area contributed by atoms with E-state index in [0.717, 1.165) is 0 Å². The van der Waals surface area contributed by atoms with Crippen molar-refractivity contribution >= 4 is 33.8 Å². The number of pyridine rings is 1. The molecule has 0 aliphatic carbocycles. The van der Waals surface area contributed by atoms with Gasteiger partial charge in [-0.15, -0.1) is 0 Å². The van der Waals surface area contributed by atoms with E-state index in [2.05, 4.69) is 26.2 Å². The Bertz CT molecular complexity index is 506. The third-order valence-corrected chi connectivity index (χ3v) is 2.63. The highest BCUT2D eigenvalue weighted by molar-refractivity contribution is 9.10. The second-order valence-corrected chi connectivity index (χ2v) is 4.56. The van der Waals surface area contributed by atoms with E-state index in [1.54, 1.807) is 0 Å². The fourth-order valence-electron chi connectivity index (χ4n) is 1.29. The number of carboxylic acids is 2. The van der Waals surface area contributed by atoms with Gasteiger partial charge in [0.25, 0.3) is 5.91 Å². The van der Waals surface area contributed by atoms with E-state index in [1.807, 2.05) is 0 Å². The summed E-state index contributed by atoms with van der Waals surface area (Å²) in [5.41, 5.74) is 0.147. The first kappa shape index (κ1) is 15.1. The van der Waals surface area contributed by atoms with Crippen molar-refractivity contribution in [2.45, 2.75) is 18.9 Å². The Morgan fingerprint density at radius 1 is 1.32 bits per heavy atom. The minimum Gasteiger partial charge on any atom is -0.550 e. The first-order valence-electron chi connectivity index (χ1n) is 5.22. The molecule has 1 aromatic heterocycles. The number of hydrogen-bond acceptors (Lipinski definition) is 6. The van der Waals surface area contributed by atoms with Crippen molar-refractivity contribution in [1.29, 1.82) is 0 Å². The molecule has 102 valence electrons. The Labute approximate surface area is 116 Å². The topological polar surface area (TPSA) is 122 Å². The zero-order chi connectivity index (χ0) is 14.4. The van der Waals surface area contributed by atoms with E-state index in [9.17, 15) is 24.6 Å². The number of nitrogens with one attached hydrogen (secondary N) is 1. The first-order valence-corrected chi connectivity index (χ1v) is 6.01. The van der Waals surface area contributed by atoms with Gasteiger partial charge >= 0.3 is 0 Å². The molecule has 0 unspecified atom stereocenters. The van der Waals surface area contributed by atoms with E-state index in [-0.39, 0.29) is 12.0 Å². The molecule has 0 saturated carbocycles. The van der Waals surface area contributed by atoms with E-state index in [0.29, 0.717) is 4.47 Å². The number of hydrogen-bond donors (Lipinski definition) is 1. The molecular formula is C11H9BrN2O5-2. The van der Waals surface area contributed by atoms with Crippen LogP contribution in [0.3, 0.4) is 0 Å². The number of aromatic nitrogens is 1. The normalized spacial score (nSPS) is 11.6. The van der Waals surface area contributed by atoms with Crippen LogP contribution in [0.5, 0.6) is 0 Å². The van der Waals surface area contributed by atoms with Crippen LogP contribution in [-0.2, 0) is 9.59 Å². The zero-order valence-electron chi connectivity index (χ0n) is 9.59. The minimum atomic E-state index is -1.56. The highest BCUT2D eigenvalue weighted by Crippen LogP contribution is 2.10. The van der Waals surface area contributed by atoms with Gasteiger partial charge in [0.05, 0.1) is 17.6 Å². The van der Waals surface area contributed by atoms with Crippen LogP contribution in [0.15, 0.2) is 22.9 Å². The Kier molecular flexibility index (Phi) is 5.43. The maximum absolute atomic E-state index is 11.7. The molecule has 1 N–H and O–H groups in total. The van der Waals surface area contributed by atoms with Crippen LogP contribution in [0, 0.1) is 0 Å². The van der Waals surface area contributed by atoms with Gasteiger partial charge in [0.15, 0.2) is 0 Å². The lowest BCUT2D eigenvalue weighted by molar-refractivity contribution is -0.309. The first-order chi connectivity index (χ1) is 8.90. The molecule has 0 fully saturated rings. The Hall–Kier alpha value is -1.96. The molecule has 1 aromatic rings. The fourth-order valence-corrected chi connectivity index (χ4v) is 1.65. The second-order valence-electron chi connectivity index (χ2n) is 3.65. The number of nitrogens with zero attached hydrogens (tertiary/aromatic N) is 1. The van der Waals surface area contributed by atoms with Crippen LogP contribution < -0.4 is 15.5 Å². The molecule has 1 atom stereocenters. The standard InChI is InChI=1S/C11H11BrN2O5/c12-7-3-6(4-13-5-7)10(17)14-8(11(18)19)1-2-9(15)16/h3-5,8H,1-2H2,(H,14,17)(H,15,16)(H,18,19)/p-2/t8-/m0/s1. The van der Waals surface area contributed by atoms with E-state index < -0.39 is 30.3 Å². The smallest absolute Gasteiger partial charge is 0.253 e. The van der Waals surface area contributed by atoms with E-state index >= 15 is 0 Å². The molecule has 0 aliphatic rings. The number of carbonyl (C=O) groups is 3. The Morgan fingerprint density at radius 2 is 2.00 bits per heavy atom. The summed E-state index contributed by atoms with van der Waals surface area (Å²) >= 11 is 3.12. The molecule has 0 spiro atoms. The number of halogens is 1. The number of carbonyl (C=O) groups excluding carboxylic acids is 3. The maximum atomic E-state index is 11.7. The quantitative estimate of drug-likeness (QED) is 0.658. The third kappa shape index (κ3) is 5.04. The van der Waals surface area contributed by atoms with E-state index in [4.69, 9.17) is 0 Å². The average Bonchev–Trinajstić information content (AvgIpc) is 2.33. The molecule has 1 amide bonds. The molecular weight excluding hydrogens is 320 g/mol. The summed E-state index contributed by atoms with van der Waals surface area (Å²) in [5, 5.41) is 23.2. The summed E-state index contributed by atoms with van der Waals surface area (Å²) in [6, 6.07) is 0.0531. The fraction of sp³-hybridized carbons (Fsp3) is 0.273. The van der Waals surface area contributed by atoms with Crippen molar-refractivity contribution in [3.8, 4) is 0 Å². The van der Waals surface area contributed by atoms with Crippen molar-refractivity contribution in [3.63, 3.8) is 0 Å². The van der Waals surface area contributed by atoms with Gasteiger partial charge in [0.2, 0.25) is 0 Å². The highest BCUT2D eigenvalue weighted by Gasteiger charge is 2.15. The lowest BCUT2D eigenvalue weighted by Gasteiger charge is -2.19. The Balaban J connectivity index is 2.71. The maximum Gasteiger partial charge on any atom is 0.253 e. The predicted octanol–water partition coefficient (Wildman–Crippen LogP) is -1.78. The molecule has 1 rings (SSSR count). The molecule has 0 radical (unpaired) electrons. The number of carboxylic acid groups (broad SMARTS) is 2. The van der Waals surface area contributed by atoms with E-state index in [1.165, 1.54) is 18.5 Å². The Morgan fingerprint density at radius 3 is 2.53 bits per heavy atom. The summed E-state index contributed by atoms with van der Waals surface area (Å²) in [6.45, 7) is 0. The summed E-state index contributed by atoms with van der Waals surface area (Å²) < 4.78 is 0.555. The SMILES string of the molecule is O=C([O-])CC[C@H](NC(=O)c1cncc(Br)c1)C(=O)[O-]. The molecule has 0 aliphatic heterocycles. The van der Waals surface area contributed by atoms with Gasteiger partial charge in [-0.2, -0.15) is 0 Å². The third-order valence-electron chi connectivity index (χ3n) is 2.19. The number of amides is 1. The monoisotopic (exact) mass is 328 g/mol. The van der Waals surface area contributed by atoms with Crippen LogP contribution in [-0.4, -0.2) is 28.9 Å². The zero-order valence-corrected chi connectivity index (χ0v) is 11.2. The molecule has 8 heteroatoms. The van der Waals surface area contributed by atoms with Gasteiger partial charge < -0.3 is 25.1 Å². The number of aliphatic carboxylic acids is 2. The van der Waals surface area contributed by atoms with Crippen molar-refractivity contribution < 1.29 is 24.6 Å². The summed E-state index contributed by atoms with van der Waals surface area (Å²) in [6.07, 6.45) is 1.92. The van der Waals surface area contributed by atoms with Gasteiger partial charge in [-0.05, 0) is 34.8 Å². The van der Waals surface area contributed by atoms with Crippen molar-refractivity contribution in [1.82, 2.24) is 10.3 Å². The van der Waals surface area contributed by atoms with Crippen LogP contribution in [0.2, 0.25) is 0 Å². The van der Waals surface area contributed by atoms with Crippen LogP contribution in [0.25, 0.3) is 0 Å². The highest BCUT2D eigenvalue weighted by atomic mass is 79.9. The summed E-state index contributed by atoms with van der Waals surface area (Å²) in [7, 11) is 0. The summed E-state index contributed by atoms with van der Waals surface area (Å²) in [5.74, 6) is -3.64. The van der Waals surface area contributed by atoms with Gasteiger partial charge in [-0.25, -0.2) is 0 Å². The van der Waals surface area contributed by atoms with Crippen LogP contribution in [0.4, 0.5) is 0 Å². The molecule has 0 aromatic carbocycles. The number of rotatable bonds is 6. The van der Waals surface area contributed by atoms with Crippen LogP contribution in [0.1, 0.15) is 23.2 Å². The van der Waals surface area contributed by atoms with Gasteiger partial charge in [0, 0.05) is 22.8 Å². The lowest BCUT2D eigenvalue weighted by atomic mass is 10.1. The predicted molar refractivity (Wildman–Crippen MR) is 62.4 cm³/mol. The lowest BCUT2D eigenvalue weighted by Crippen LogP contribution is -2.48. The molecule has 7 nitrogen and oxygen atoms in total. The average molecular weight is 329 g/mol. The van der Waals surface area contributed by atoms with Crippen molar-refractivity contribution in [3.05, 3.63) is 28.5 Å². The van der Waals surface area contributed by atoms with Gasteiger partial charge in [0.1, 0.15) is 0 Å². The second kappa shape index (κ2) is 6.83. The van der Waals surface area contributed by atoms with Gasteiger partial charge in [-0.1, -0.05) is 0 Å². The van der Waals surface area contributed by atoms with Gasteiger partial charge in [-0.3, -0.25) is 9.78 Å².